The number of amides is 2. The third-order valence-corrected chi connectivity index (χ3v) is 5.27. The molecule has 2 amide bonds. The highest BCUT2D eigenvalue weighted by Crippen LogP contribution is 2.31. The number of nitrogens with one attached hydrogen (secondary N) is 2. The van der Waals surface area contributed by atoms with Gasteiger partial charge in [-0.3, -0.25) is 14.9 Å². The van der Waals surface area contributed by atoms with E-state index in [0.717, 1.165) is 39.9 Å². The molecule has 1 aromatic heterocycles. The number of thioether (sulfide) groups is 1. The van der Waals surface area contributed by atoms with Crippen molar-refractivity contribution in [2.45, 2.75) is 20.0 Å². The number of aryl methyl sites for hydroxylation is 2. The minimum atomic E-state index is -5.00. The summed E-state index contributed by atoms with van der Waals surface area (Å²) in [4.78, 5) is 31.9. The zero-order valence-electron chi connectivity index (χ0n) is 14.5. The molecule has 11 heteroatoms. The summed E-state index contributed by atoms with van der Waals surface area (Å²) in [5.74, 6) is -2.47. The molecule has 3 rings (SSSR count). The molecule has 0 saturated carbocycles. The Labute approximate surface area is 166 Å². The summed E-state index contributed by atoms with van der Waals surface area (Å²) in [6.45, 7) is 3.88. The van der Waals surface area contributed by atoms with Crippen LogP contribution < -0.4 is 10.6 Å². The molecule has 28 heavy (non-hydrogen) atoms. The Bertz CT molecular complexity index is 1010. The van der Waals surface area contributed by atoms with Gasteiger partial charge in [0.05, 0.1) is 15.5 Å². The zero-order valence-corrected chi connectivity index (χ0v) is 16.2. The smallest absolute Gasteiger partial charge is 0.300 e. The van der Waals surface area contributed by atoms with Crippen LogP contribution in [0.2, 0.25) is 0 Å². The Morgan fingerprint density at radius 2 is 2.07 bits per heavy atom. The second-order valence-electron chi connectivity index (χ2n) is 5.79. The molecule has 1 saturated heterocycles. The topological polar surface area (TPSA) is 83.4 Å². The highest BCUT2D eigenvalue weighted by molar-refractivity contribution is 8.18. The number of alkyl halides is 3. The van der Waals surface area contributed by atoms with E-state index in [4.69, 9.17) is 0 Å². The quantitative estimate of drug-likeness (QED) is 0.723. The molecule has 0 unspecified atom stereocenters. The molecule has 0 bridgehead atoms. The van der Waals surface area contributed by atoms with Gasteiger partial charge >= 0.3 is 12.1 Å². The van der Waals surface area contributed by atoms with E-state index in [1.54, 1.807) is 5.32 Å². The van der Waals surface area contributed by atoms with Crippen LogP contribution >= 0.6 is 23.1 Å². The van der Waals surface area contributed by atoms with E-state index in [9.17, 15) is 22.8 Å². The summed E-state index contributed by atoms with van der Waals surface area (Å²) < 4.78 is 36.8. The Morgan fingerprint density at radius 1 is 1.32 bits per heavy atom. The van der Waals surface area contributed by atoms with E-state index in [2.05, 4.69) is 15.3 Å². The summed E-state index contributed by atoms with van der Waals surface area (Å²) in [5.41, 5.74) is 2.79. The Kier molecular flexibility index (Phi) is 5.57. The number of rotatable bonds is 3. The number of thiazole rings is 1. The van der Waals surface area contributed by atoms with Crippen molar-refractivity contribution in [2.24, 2.45) is 4.99 Å². The van der Waals surface area contributed by atoms with E-state index in [1.165, 1.54) is 12.3 Å². The van der Waals surface area contributed by atoms with Crippen LogP contribution in [-0.2, 0) is 9.59 Å². The number of halogens is 3. The molecule has 2 N–H and O–H groups in total. The zero-order chi connectivity index (χ0) is 20.5. The molecular formula is C17H13F3N4O2S2. The number of nitrogens with zero attached hydrogens (tertiary/aromatic N) is 2. The number of amidine groups is 1. The number of aromatic nitrogens is 1. The van der Waals surface area contributed by atoms with E-state index < -0.39 is 12.1 Å². The van der Waals surface area contributed by atoms with Crippen molar-refractivity contribution in [1.29, 1.82) is 0 Å². The maximum absolute atomic E-state index is 12.3. The van der Waals surface area contributed by atoms with Crippen molar-refractivity contribution in [3.63, 3.8) is 0 Å². The molecule has 0 spiro atoms. The predicted octanol–water partition coefficient (Wildman–Crippen LogP) is 4.15. The third-order valence-electron chi connectivity index (χ3n) is 3.50. The maximum atomic E-state index is 12.3. The van der Waals surface area contributed by atoms with Gasteiger partial charge < -0.3 is 5.32 Å². The molecule has 2 heterocycles. The largest absolute Gasteiger partial charge is 0.471 e. The molecule has 1 aliphatic rings. The van der Waals surface area contributed by atoms with Crippen LogP contribution in [0.3, 0.4) is 0 Å². The number of carbonyl (C=O) groups is 2. The van der Waals surface area contributed by atoms with Crippen LogP contribution in [0.5, 0.6) is 0 Å². The number of carbonyl (C=O) groups excluding carboxylic acids is 2. The number of aliphatic imine (C=N–C) groups is 1. The first kappa shape index (κ1) is 20.1. The van der Waals surface area contributed by atoms with Gasteiger partial charge in [0.25, 0.3) is 5.91 Å². The van der Waals surface area contributed by atoms with Crippen molar-refractivity contribution in [2.75, 3.05) is 5.32 Å². The average Bonchev–Trinajstić information content (AvgIpc) is 3.16. The van der Waals surface area contributed by atoms with Crippen LogP contribution in [0.15, 0.2) is 34.3 Å². The van der Waals surface area contributed by atoms with Crippen LogP contribution in [-0.4, -0.2) is 28.1 Å². The molecule has 0 radical (unpaired) electrons. The standard InChI is InChI=1S/C17H13F3N4O2S2/c1-8-3-4-11(9(2)5-8)22-16-23-13(25)12(28-16)6-10-7-21-15(27-10)24-14(26)17(18,19)20/h3-7H,1-2H3,(H,21,24,26)(H,22,23,25)/b12-6-. The van der Waals surface area contributed by atoms with Gasteiger partial charge in [0.1, 0.15) is 0 Å². The van der Waals surface area contributed by atoms with Gasteiger partial charge in [-0.15, -0.1) is 0 Å². The summed E-state index contributed by atoms with van der Waals surface area (Å²) >= 11 is 1.93. The first-order chi connectivity index (χ1) is 13.1. The lowest BCUT2D eigenvalue weighted by Gasteiger charge is -2.03. The number of anilines is 1. The Morgan fingerprint density at radius 3 is 2.75 bits per heavy atom. The van der Waals surface area contributed by atoms with E-state index in [1.807, 2.05) is 32.0 Å². The van der Waals surface area contributed by atoms with E-state index in [0.29, 0.717) is 14.9 Å². The molecule has 0 aliphatic carbocycles. The van der Waals surface area contributed by atoms with Gasteiger partial charge in [-0.25, -0.2) is 9.98 Å². The average molecular weight is 426 g/mol. The summed E-state index contributed by atoms with van der Waals surface area (Å²) in [5, 5.41) is 4.51. The lowest BCUT2D eigenvalue weighted by atomic mass is 10.1. The highest BCUT2D eigenvalue weighted by Gasteiger charge is 2.39. The summed E-state index contributed by atoms with van der Waals surface area (Å²) in [7, 11) is 0. The van der Waals surface area contributed by atoms with Gasteiger partial charge in [0.15, 0.2) is 10.3 Å². The SMILES string of the molecule is Cc1ccc(/N=C2/NC(=O)/C(=C/c3cnc(NC(=O)C(F)(F)F)s3)S2)c(C)c1. The lowest BCUT2D eigenvalue weighted by Crippen LogP contribution is -2.29. The fourth-order valence-corrected chi connectivity index (χ4v) is 3.88. The predicted molar refractivity (Wildman–Crippen MR) is 104 cm³/mol. The minimum Gasteiger partial charge on any atom is -0.300 e. The minimum absolute atomic E-state index is 0.207. The van der Waals surface area contributed by atoms with Crippen LogP contribution in [0, 0.1) is 13.8 Å². The van der Waals surface area contributed by atoms with Gasteiger partial charge in [-0.05, 0) is 43.3 Å². The molecule has 0 atom stereocenters. The Hall–Kier alpha value is -2.66. The highest BCUT2D eigenvalue weighted by atomic mass is 32.2. The number of hydrogen-bond donors (Lipinski definition) is 2. The van der Waals surface area contributed by atoms with Gasteiger partial charge in [-0.1, -0.05) is 29.0 Å². The van der Waals surface area contributed by atoms with Crippen molar-refractivity contribution in [1.82, 2.24) is 10.3 Å². The fourth-order valence-electron chi connectivity index (χ4n) is 2.23. The molecule has 1 aromatic carbocycles. The van der Waals surface area contributed by atoms with Crippen LogP contribution in [0.25, 0.3) is 6.08 Å². The second-order valence-corrected chi connectivity index (χ2v) is 7.88. The maximum Gasteiger partial charge on any atom is 0.471 e. The van der Waals surface area contributed by atoms with Gasteiger partial charge in [-0.2, -0.15) is 13.2 Å². The van der Waals surface area contributed by atoms with Gasteiger partial charge in [0, 0.05) is 6.20 Å². The molecule has 1 aliphatic heterocycles. The molecular weight excluding hydrogens is 413 g/mol. The first-order valence-electron chi connectivity index (χ1n) is 7.82. The van der Waals surface area contributed by atoms with Crippen LogP contribution in [0.4, 0.5) is 24.0 Å². The Balaban J connectivity index is 1.74. The van der Waals surface area contributed by atoms with Crippen molar-refractivity contribution >= 4 is 57.0 Å². The molecule has 1 fully saturated rings. The first-order valence-corrected chi connectivity index (χ1v) is 9.46. The molecule has 2 aromatic rings. The van der Waals surface area contributed by atoms with Crippen molar-refractivity contribution < 1.29 is 22.8 Å². The summed E-state index contributed by atoms with van der Waals surface area (Å²) in [6.07, 6.45) is -2.24. The normalized spacial score (nSPS) is 17.2. The summed E-state index contributed by atoms with van der Waals surface area (Å²) in [6, 6.07) is 5.75. The van der Waals surface area contributed by atoms with E-state index in [-0.39, 0.29) is 11.0 Å². The van der Waals surface area contributed by atoms with Crippen molar-refractivity contribution in [3.05, 3.63) is 45.3 Å². The van der Waals surface area contributed by atoms with Gasteiger partial charge in [0.2, 0.25) is 0 Å². The monoisotopic (exact) mass is 426 g/mol. The van der Waals surface area contributed by atoms with Crippen molar-refractivity contribution in [3.8, 4) is 0 Å². The number of hydrogen-bond acceptors (Lipinski definition) is 6. The van der Waals surface area contributed by atoms with E-state index >= 15 is 0 Å². The third kappa shape index (κ3) is 4.78. The second kappa shape index (κ2) is 7.76. The van der Waals surface area contributed by atoms with Crippen LogP contribution in [0.1, 0.15) is 16.0 Å². The fraction of sp³-hybridized carbons (Fsp3) is 0.176. The molecule has 146 valence electrons. The lowest BCUT2D eigenvalue weighted by molar-refractivity contribution is -0.167. The molecule has 6 nitrogen and oxygen atoms in total. The number of benzene rings is 1.